The van der Waals surface area contributed by atoms with Crippen molar-refractivity contribution in [3.05, 3.63) is 53.0 Å². The van der Waals surface area contributed by atoms with Crippen molar-refractivity contribution in [2.45, 2.75) is 20.3 Å². The minimum absolute atomic E-state index is 0.248. The average molecular weight is 323 g/mol. The second kappa shape index (κ2) is 5.52. The molecular weight excluding hydrogens is 306 g/mol. The number of pyridine rings is 2. The third-order valence-corrected chi connectivity index (χ3v) is 4.03. The highest BCUT2D eigenvalue weighted by Gasteiger charge is 2.15. The van der Waals surface area contributed by atoms with Gasteiger partial charge in [-0.15, -0.1) is 0 Å². The molecule has 0 saturated heterocycles. The van der Waals surface area contributed by atoms with Gasteiger partial charge < -0.3 is 9.14 Å². The fourth-order valence-corrected chi connectivity index (χ4v) is 2.93. The Morgan fingerprint density at radius 1 is 1.21 bits per heavy atom. The van der Waals surface area contributed by atoms with E-state index in [1.54, 1.807) is 16.8 Å². The van der Waals surface area contributed by atoms with Crippen molar-refractivity contribution in [3.8, 4) is 11.4 Å². The molecule has 0 saturated carbocycles. The van der Waals surface area contributed by atoms with Gasteiger partial charge in [0.2, 0.25) is 0 Å². The monoisotopic (exact) mass is 323 g/mol. The van der Waals surface area contributed by atoms with E-state index < -0.39 is 0 Å². The summed E-state index contributed by atoms with van der Waals surface area (Å²) in [6.07, 6.45) is 6.25. The van der Waals surface area contributed by atoms with E-state index in [4.69, 9.17) is 4.74 Å². The number of nitrogens with one attached hydrogen (secondary N) is 1. The molecule has 0 aliphatic rings. The van der Waals surface area contributed by atoms with E-state index in [2.05, 4.69) is 21.9 Å². The lowest BCUT2D eigenvalue weighted by Gasteiger charge is -2.09. The number of hydrogen-bond donors (Lipinski definition) is 1. The Hall–Kier alpha value is -3.09. The van der Waals surface area contributed by atoms with Crippen molar-refractivity contribution < 1.29 is 4.74 Å². The molecule has 4 aromatic rings. The highest BCUT2D eigenvalue weighted by molar-refractivity contribution is 5.80. The molecule has 0 radical (unpaired) electrons. The summed E-state index contributed by atoms with van der Waals surface area (Å²) in [5.74, 6) is 0.627. The van der Waals surface area contributed by atoms with Crippen molar-refractivity contribution in [1.82, 2.24) is 23.9 Å². The minimum atomic E-state index is -0.248. The Balaban J connectivity index is 2.02. The van der Waals surface area contributed by atoms with Crippen LogP contribution in [0.3, 0.4) is 0 Å². The summed E-state index contributed by atoms with van der Waals surface area (Å²) in [4.78, 5) is 23.9. The maximum atomic E-state index is 12.5. The number of imidazole rings is 2. The highest BCUT2D eigenvalue weighted by Crippen LogP contribution is 2.24. The molecule has 1 N–H and O–H groups in total. The van der Waals surface area contributed by atoms with Gasteiger partial charge in [0.15, 0.2) is 5.65 Å². The van der Waals surface area contributed by atoms with Crippen LogP contribution in [0.5, 0.6) is 5.75 Å². The number of fused-ring (bicyclic) bond motifs is 2. The summed E-state index contributed by atoms with van der Waals surface area (Å²) in [7, 11) is 0. The second-order valence-electron chi connectivity index (χ2n) is 5.42. The molecule has 4 heterocycles. The van der Waals surface area contributed by atoms with Crippen LogP contribution in [0.4, 0.5) is 0 Å². The molecule has 0 unspecified atom stereocenters. The Morgan fingerprint density at radius 2 is 2.08 bits per heavy atom. The molecule has 122 valence electrons. The van der Waals surface area contributed by atoms with E-state index in [0.29, 0.717) is 23.5 Å². The standard InChI is InChI=1S/C17H17N5O2/c1-3-11-9-19-14-6-5-12(10-21(11)14)22-15-13(24-4-2)7-8-18-16(15)20-17(22)23/h5-10H,3-4H2,1-2H3,(H,18,20,23). The Morgan fingerprint density at radius 3 is 2.88 bits per heavy atom. The molecule has 24 heavy (non-hydrogen) atoms. The molecule has 4 aromatic heterocycles. The fourth-order valence-electron chi connectivity index (χ4n) is 2.93. The summed E-state index contributed by atoms with van der Waals surface area (Å²) in [6.45, 7) is 4.50. The van der Waals surface area contributed by atoms with Gasteiger partial charge in [0, 0.05) is 30.4 Å². The summed E-state index contributed by atoms with van der Waals surface area (Å²) >= 11 is 0. The maximum Gasteiger partial charge on any atom is 0.332 e. The molecule has 0 fully saturated rings. The molecular formula is C17H17N5O2. The van der Waals surface area contributed by atoms with Crippen LogP contribution in [-0.4, -0.2) is 30.5 Å². The van der Waals surface area contributed by atoms with Gasteiger partial charge in [0.1, 0.15) is 16.9 Å². The normalized spacial score (nSPS) is 11.4. The molecule has 7 nitrogen and oxygen atoms in total. The van der Waals surface area contributed by atoms with Gasteiger partial charge in [-0.2, -0.15) is 0 Å². The van der Waals surface area contributed by atoms with Crippen LogP contribution in [0.25, 0.3) is 22.5 Å². The summed E-state index contributed by atoms with van der Waals surface area (Å²) in [5, 5.41) is 0. The largest absolute Gasteiger partial charge is 0.491 e. The summed E-state index contributed by atoms with van der Waals surface area (Å²) in [5.41, 5.74) is 3.58. The molecule has 0 aromatic carbocycles. The highest BCUT2D eigenvalue weighted by atomic mass is 16.5. The molecule has 0 amide bonds. The van der Waals surface area contributed by atoms with Gasteiger partial charge in [0.25, 0.3) is 0 Å². The third kappa shape index (κ3) is 2.09. The van der Waals surface area contributed by atoms with Crippen molar-refractivity contribution in [3.63, 3.8) is 0 Å². The number of hydrogen-bond acceptors (Lipinski definition) is 4. The Bertz CT molecular complexity index is 1090. The number of rotatable bonds is 4. The van der Waals surface area contributed by atoms with Crippen molar-refractivity contribution >= 4 is 16.8 Å². The van der Waals surface area contributed by atoms with E-state index in [0.717, 1.165) is 23.4 Å². The SMILES string of the molecule is CCOc1ccnc2[nH]c(=O)n(-c3ccc4ncc(CC)n4c3)c12. The number of H-pyrrole nitrogens is 1. The van der Waals surface area contributed by atoms with Gasteiger partial charge >= 0.3 is 5.69 Å². The summed E-state index contributed by atoms with van der Waals surface area (Å²) < 4.78 is 9.26. The molecule has 7 heteroatoms. The van der Waals surface area contributed by atoms with Crippen LogP contribution in [0, 0.1) is 0 Å². The lowest BCUT2D eigenvalue weighted by atomic mass is 10.3. The van der Waals surface area contributed by atoms with Crippen LogP contribution in [-0.2, 0) is 6.42 Å². The molecule has 0 bridgehead atoms. The molecule has 4 rings (SSSR count). The fraction of sp³-hybridized carbons (Fsp3) is 0.235. The quantitative estimate of drug-likeness (QED) is 0.625. The molecule has 0 atom stereocenters. The topological polar surface area (TPSA) is 77.2 Å². The zero-order valence-corrected chi connectivity index (χ0v) is 13.5. The lowest BCUT2D eigenvalue weighted by molar-refractivity contribution is 0.343. The first-order valence-corrected chi connectivity index (χ1v) is 7.91. The number of aromatic amines is 1. The smallest absolute Gasteiger partial charge is 0.332 e. The number of aryl methyl sites for hydroxylation is 1. The van der Waals surface area contributed by atoms with E-state index in [9.17, 15) is 4.79 Å². The van der Waals surface area contributed by atoms with Gasteiger partial charge in [-0.3, -0.25) is 9.55 Å². The average Bonchev–Trinajstić information content (AvgIpc) is 3.14. The zero-order chi connectivity index (χ0) is 16.7. The zero-order valence-electron chi connectivity index (χ0n) is 13.5. The Labute approximate surface area is 137 Å². The van der Waals surface area contributed by atoms with Gasteiger partial charge in [-0.05, 0) is 25.5 Å². The van der Waals surface area contributed by atoms with Gasteiger partial charge in [-0.1, -0.05) is 6.92 Å². The number of nitrogens with zero attached hydrogens (tertiary/aromatic N) is 4. The molecule has 0 spiro atoms. The van der Waals surface area contributed by atoms with E-state index >= 15 is 0 Å². The van der Waals surface area contributed by atoms with Crippen LogP contribution in [0.15, 0.2) is 41.6 Å². The van der Waals surface area contributed by atoms with Crippen LogP contribution < -0.4 is 10.4 Å². The summed E-state index contributed by atoms with van der Waals surface area (Å²) in [6, 6.07) is 5.54. The van der Waals surface area contributed by atoms with Gasteiger partial charge in [-0.25, -0.2) is 14.8 Å². The van der Waals surface area contributed by atoms with E-state index in [1.807, 2.05) is 35.9 Å². The molecule has 0 aliphatic carbocycles. The third-order valence-electron chi connectivity index (χ3n) is 4.03. The number of ether oxygens (including phenoxy) is 1. The second-order valence-corrected chi connectivity index (χ2v) is 5.42. The first-order valence-electron chi connectivity index (χ1n) is 7.91. The van der Waals surface area contributed by atoms with Crippen LogP contribution in [0.1, 0.15) is 19.5 Å². The van der Waals surface area contributed by atoms with Crippen molar-refractivity contribution in [2.75, 3.05) is 6.61 Å². The van der Waals surface area contributed by atoms with E-state index in [1.165, 1.54) is 0 Å². The predicted octanol–water partition coefficient (Wildman–Crippen LogP) is 2.32. The predicted molar refractivity (Wildman–Crippen MR) is 91.0 cm³/mol. The lowest BCUT2D eigenvalue weighted by Crippen LogP contribution is -2.15. The number of aromatic nitrogens is 5. The Kier molecular flexibility index (Phi) is 3.34. The van der Waals surface area contributed by atoms with E-state index in [-0.39, 0.29) is 5.69 Å². The first kappa shape index (κ1) is 14.5. The van der Waals surface area contributed by atoms with Crippen molar-refractivity contribution in [2.24, 2.45) is 0 Å². The van der Waals surface area contributed by atoms with Crippen LogP contribution >= 0.6 is 0 Å². The first-order chi connectivity index (χ1) is 11.7. The van der Waals surface area contributed by atoms with Crippen LogP contribution in [0.2, 0.25) is 0 Å². The molecule has 0 aliphatic heterocycles. The minimum Gasteiger partial charge on any atom is -0.491 e. The van der Waals surface area contributed by atoms with Gasteiger partial charge in [0.05, 0.1) is 12.3 Å². The maximum absolute atomic E-state index is 12.5. The van der Waals surface area contributed by atoms with Crippen molar-refractivity contribution in [1.29, 1.82) is 0 Å².